The molecule has 1 aliphatic rings. The number of carbonyl (C=O) groups excluding carboxylic acids is 1. The molecule has 3 rings (SSSR count). The summed E-state index contributed by atoms with van der Waals surface area (Å²) in [5.41, 5.74) is -0.323. The van der Waals surface area contributed by atoms with Gasteiger partial charge in [0.1, 0.15) is 5.82 Å². The Bertz CT molecular complexity index is 886. The maximum atomic E-state index is 14.1. The number of ether oxygens (including phenoxy) is 1. The molecule has 1 atom stereocenters. The average molecular weight is 382 g/mol. The molecule has 0 aliphatic carbocycles. The molecule has 1 aliphatic heterocycles. The van der Waals surface area contributed by atoms with Crippen LogP contribution in [-0.2, 0) is 21.3 Å². The first-order valence-electron chi connectivity index (χ1n) is 8.05. The highest BCUT2D eigenvalue weighted by Crippen LogP contribution is 2.18. The van der Waals surface area contributed by atoms with E-state index in [4.69, 9.17) is 9.88 Å². The molecule has 1 amide bonds. The van der Waals surface area contributed by atoms with Crippen LogP contribution in [0.5, 0.6) is 0 Å². The largest absolute Gasteiger partial charge is 0.374 e. The van der Waals surface area contributed by atoms with E-state index >= 15 is 0 Å². The van der Waals surface area contributed by atoms with Crippen LogP contribution in [0.4, 0.5) is 4.39 Å². The molecule has 0 spiro atoms. The van der Waals surface area contributed by atoms with Crippen LogP contribution < -0.4 is 5.14 Å². The monoisotopic (exact) mass is 382 g/mol. The molecular weight excluding hydrogens is 363 g/mol. The highest BCUT2D eigenvalue weighted by Gasteiger charge is 2.26. The van der Waals surface area contributed by atoms with Gasteiger partial charge in [-0.3, -0.25) is 9.48 Å². The number of amides is 1. The highest BCUT2D eigenvalue weighted by molar-refractivity contribution is 7.89. The second-order valence-corrected chi connectivity index (χ2v) is 7.57. The molecule has 0 radical (unpaired) electrons. The Labute approximate surface area is 150 Å². The fourth-order valence-electron chi connectivity index (χ4n) is 2.82. The molecule has 0 unspecified atom stereocenters. The lowest BCUT2D eigenvalue weighted by molar-refractivity contribution is 0.0366. The SMILES string of the molecule is NS(=O)(=O)c1ccc(F)c(C(=O)N2CCCO[C@@H](Cn3cccn3)C2)c1. The molecule has 8 nitrogen and oxygen atoms in total. The van der Waals surface area contributed by atoms with Gasteiger partial charge in [0.25, 0.3) is 5.91 Å². The summed E-state index contributed by atoms with van der Waals surface area (Å²) in [6.07, 6.45) is 3.73. The standard InChI is InChI=1S/C16H19FN4O4S/c17-15-4-3-13(26(18,23)24)9-14(15)16(22)20-6-2-8-25-12(10-20)11-21-7-1-5-19-21/h1,3-5,7,9,12H,2,6,8,10-11H2,(H2,18,23,24)/t12-/m1/s1. The zero-order valence-electron chi connectivity index (χ0n) is 13.9. The molecule has 1 aromatic carbocycles. The summed E-state index contributed by atoms with van der Waals surface area (Å²) in [6.45, 7) is 1.55. The zero-order chi connectivity index (χ0) is 18.7. The van der Waals surface area contributed by atoms with Gasteiger partial charge in [-0.15, -0.1) is 0 Å². The summed E-state index contributed by atoms with van der Waals surface area (Å²) >= 11 is 0. The molecule has 10 heteroatoms. The molecule has 2 N–H and O–H groups in total. The van der Waals surface area contributed by atoms with E-state index in [2.05, 4.69) is 5.10 Å². The van der Waals surface area contributed by atoms with Crippen LogP contribution in [0, 0.1) is 5.82 Å². The van der Waals surface area contributed by atoms with Gasteiger partial charge in [0, 0.05) is 32.1 Å². The van der Waals surface area contributed by atoms with Gasteiger partial charge in [-0.1, -0.05) is 0 Å². The van der Waals surface area contributed by atoms with E-state index in [0.717, 1.165) is 18.2 Å². The van der Waals surface area contributed by atoms with Gasteiger partial charge in [0.15, 0.2) is 0 Å². The molecule has 1 saturated heterocycles. The van der Waals surface area contributed by atoms with Gasteiger partial charge in [-0.2, -0.15) is 5.10 Å². The van der Waals surface area contributed by atoms with E-state index in [1.165, 1.54) is 4.90 Å². The van der Waals surface area contributed by atoms with Crippen molar-refractivity contribution in [3.8, 4) is 0 Å². The van der Waals surface area contributed by atoms with Gasteiger partial charge in [0.2, 0.25) is 10.0 Å². The summed E-state index contributed by atoms with van der Waals surface area (Å²) in [5.74, 6) is -1.39. The molecule has 1 fully saturated rings. The second-order valence-electron chi connectivity index (χ2n) is 6.01. The van der Waals surface area contributed by atoms with Crippen LogP contribution in [0.1, 0.15) is 16.8 Å². The molecule has 0 saturated carbocycles. The van der Waals surface area contributed by atoms with Crippen molar-refractivity contribution in [1.82, 2.24) is 14.7 Å². The van der Waals surface area contributed by atoms with Crippen molar-refractivity contribution < 1.29 is 22.3 Å². The predicted octanol–water partition coefficient (Wildman–Crippen LogP) is 0.601. The van der Waals surface area contributed by atoms with E-state index in [9.17, 15) is 17.6 Å². The van der Waals surface area contributed by atoms with Crippen molar-refractivity contribution in [3.63, 3.8) is 0 Å². The first-order valence-corrected chi connectivity index (χ1v) is 9.60. The summed E-state index contributed by atoms with van der Waals surface area (Å²) < 4.78 is 44.5. The lowest BCUT2D eigenvalue weighted by Crippen LogP contribution is -2.39. The van der Waals surface area contributed by atoms with Crippen molar-refractivity contribution in [2.75, 3.05) is 19.7 Å². The van der Waals surface area contributed by atoms with Crippen LogP contribution in [0.25, 0.3) is 0 Å². The zero-order valence-corrected chi connectivity index (χ0v) is 14.7. The summed E-state index contributed by atoms with van der Waals surface area (Å²) in [7, 11) is -4.03. The molecule has 0 bridgehead atoms. The molecule has 140 valence electrons. The topological polar surface area (TPSA) is 108 Å². The minimum atomic E-state index is -4.03. The van der Waals surface area contributed by atoms with Crippen LogP contribution in [0.15, 0.2) is 41.6 Å². The number of hydrogen-bond acceptors (Lipinski definition) is 5. The number of benzene rings is 1. The number of rotatable bonds is 4. The maximum absolute atomic E-state index is 14.1. The third-order valence-corrected chi connectivity index (χ3v) is 4.99. The number of nitrogens with zero attached hydrogens (tertiary/aromatic N) is 3. The minimum absolute atomic E-state index is 0.248. The Kier molecular flexibility index (Phi) is 5.35. The van der Waals surface area contributed by atoms with Crippen molar-refractivity contribution >= 4 is 15.9 Å². The molecule has 2 heterocycles. The van der Waals surface area contributed by atoms with Crippen molar-refractivity contribution in [2.24, 2.45) is 5.14 Å². The third kappa shape index (κ3) is 4.26. The van der Waals surface area contributed by atoms with Gasteiger partial charge < -0.3 is 9.64 Å². The molecule has 26 heavy (non-hydrogen) atoms. The van der Waals surface area contributed by atoms with Crippen molar-refractivity contribution in [3.05, 3.63) is 48.0 Å². The van der Waals surface area contributed by atoms with Crippen molar-refractivity contribution in [1.29, 1.82) is 0 Å². The molecule has 1 aromatic heterocycles. The first-order chi connectivity index (χ1) is 12.3. The van der Waals surface area contributed by atoms with E-state index in [1.807, 2.05) is 0 Å². The number of carbonyl (C=O) groups is 1. The fourth-order valence-corrected chi connectivity index (χ4v) is 3.36. The Morgan fingerprint density at radius 1 is 1.42 bits per heavy atom. The summed E-state index contributed by atoms with van der Waals surface area (Å²) in [4.78, 5) is 13.9. The smallest absolute Gasteiger partial charge is 0.256 e. The maximum Gasteiger partial charge on any atom is 0.256 e. The van der Waals surface area contributed by atoms with E-state index < -0.39 is 21.7 Å². The van der Waals surface area contributed by atoms with E-state index in [1.54, 1.807) is 23.1 Å². The fraction of sp³-hybridized carbons (Fsp3) is 0.375. The summed E-state index contributed by atoms with van der Waals surface area (Å²) in [6, 6.07) is 4.73. The van der Waals surface area contributed by atoms with Gasteiger partial charge in [0.05, 0.1) is 23.1 Å². The van der Waals surface area contributed by atoms with Crippen LogP contribution in [0.3, 0.4) is 0 Å². The van der Waals surface area contributed by atoms with Crippen LogP contribution in [0.2, 0.25) is 0 Å². The lowest BCUT2D eigenvalue weighted by Gasteiger charge is -2.24. The number of aromatic nitrogens is 2. The predicted molar refractivity (Wildman–Crippen MR) is 90.3 cm³/mol. The first kappa shape index (κ1) is 18.5. The number of hydrogen-bond donors (Lipinski definition) is 1. The van der Waals surface area contributed by atoms with Crippen LogP contribution >= 0.6 is 0 Å². The van der Waals surface area contributed by atoms with E-state index in [0.29, 0.717) is 26.1 Å². The van der Waals surface area contributed by atoms with Gasteiger partial charge in [-0.05, 0) is 30.7 Å². The number of sulfonamides is 1. The Hall–Kier alpha value is -2.30. The van der Waals surface area contributed by atoms with E-state index in [-0.39, 0.29) is 23.1 Å². The highest BCUT2D eigenvalue weighted by atomic mass is 32.2. The minimum Gasteiger partial charge on any atom is -0.374 e. The average Bonchev–Trinajstić information content (AvgIpc) is 2.98. The lowest BCUT2D eigenvalue weighted by atomic mass is 10.1. The third-order valence-electron chi connectivity index (χ3n) is 4.08. The second kappa shape index (κ2) is 7.52. The van der Waals surface area contributed by atoms with Gasteiger partial charge in [-0.25, -0.2) is 17.9 Å². The number of primary sulfonamides is 1. The Balaban J connectivity index is 1.81. The Morgan fingerprint density at radius 2 is 2.23 bits per heavy atom. The van der Waals surface area contributed by atoms with Crippen molar-refractivity contribution in [2.45, 2.75) is 24.0 Å². The number of nitrogens with two attached hydrogens (primary N) is 1. The van der Waals surface area contributed by atoms with Gasteiger partial charge >= 0.3 is 0 Å². The number of halogens is 1. The quantitative estimate of drug-likeness (QED) is 0.833. The normalized spacial score (nSPS) is 18.5. The molecule has 2 aromatic rings. The summed E-state index contributed by atoms with van der Waals surface area (Å²) in [5, 5.41) is 9.19. The Morgan fingerprint density at radius 3 is 2.92 bits per heavy atom. The molecular formula is C16H19FN4O4S. The van der Waals surface area contributed by atoms with Crippen LogP contribution in [-0.4, -0.2) is 54.8 Å².